The minimum absolute atomic E-state index is 0.123. The van der Waals surface area contributed by atoms with Gasteiger partial charge in [-0.2, -0.15) is 0 Å². The molecule has 2 aliphatic heterocycles. The SMILES string of the molecule is O=C(O)[C@@H]1CCCN(C(=O)CCC2CCOCC2)C1. The molecule has 2 aliphatic rings. The number of nitrogens with zero attached hydrogens (tertiary/aromatic N) is 1. The highest BCUT2D eigenvalue weighted by Gasteiger charge is 2.28. The van der Waals surface area contributed by atoms with Crippen LogP contribution < -0.4 is 0 Å². The molecule has 1 atom stereocenters. The highest BCUT2D eigenvalue weighted by atomic mass is 16.5. The van der Waals surface area contributed by atoms with E-state index in [9.17, 15) is 9.59 Å². The van der Waals surface area contributed by atoms with Crippen molar-refractivity contribution >= 4 is 11.9 Å². The van der Waals surface area contributed by atoms with Gasteiger partial charge in [-0.3, -0.25) is 9.59 Å². The van der Waals surface area contributed by atoms with E-state index < -0.39 is 5.97 Å². The first kappa shape index (κ1) is 14.3. The molecule has 0 radical (unpaired) electrons. The van der Waals surface area contributed by atoms with Crippen molar-refractivity contribution in [3.8, 4) is 0 Å². The van der Waals surface area contributed by atoms with E-state index >= 15 is 0 Å². The van der Waals surface area contributed by atoms with Gasteiger partial charge in [0.25, 0.3) is 0 Å². The van der Waals surface area contributed by atoms with Gasteiger partial charge >= 0.3 is 5.97 Å². The number of hydrogen-bond donors (Lipinski definition) is 1. The van der Waals surface area contributed by atoms with Crippen LogP contribution in [-0.4, -0.2) is 48.2 Å². The molecule has 5 heteroatoms. The number of ether oxygens (including phenoxy) is 1. The molecule has 19 heavy (non-hydrogen) atoms. The summed E-state index contributed by atoms with van der Waals surface area (Å²) in [7, 11) is 0. The van der Waals surface area contributed by atoms with E-state index in [0.717, 1.165) is 45.4 Å². The lowest BCUT2D eigenvalue weighted by Crippen LogP contribution is -2.42. The summed E-state index contributed by atoms with van der Waals surface area (Å²) in [5, 5.41) is 9.02. The van der Waals surface area contributed by atoms with Crippen molar-refractivity contribution in [2.75, 3.05) is 26.3 Å². The Morgan fingerprint density at radius 1 is 1.21 bits per heavy atom. The van der Waals surface area contributed by atoms with E-state index in [1.807, 2.05) is 0 Å². The minimum Gasteiger partial charge on any atom is -0.481 e. The van der Waals surface area contributed by atoms with Crippen molar-refractivity contribution < 1.29 is 19.4 Å². The van der Waals surface area contributed by atoms with Gasteiger partial charge in [0.05, 0.1) is 5.92 Å². The van der Waals surface area contributed by atoms with E-state index in [0.29, 0.717) is 25.3 Å². The first-order valence-electron chi connectivity index (χ1n) is 7.25. The number of amides is 1. The van der Waals surface area contributed by atoms with E-state index in [1.54, 1.807) is 4.90 Å². The molecule has 2 saturated heterocycles. The fourth-order valence-electron chi connectivity index (χ4n) is 2.93. The second kappa shape index (κ2) is 6.89. The number of carbonyl (C=O) groups excluding carboxylic acids is 1. The van der Waals surface area contributed by atoms with Crippen molar-refractivity contribution in [1.82, 2.24) is 4.90 Å². The quantitative estimate of drug-likeness (QED) is 0.840. The van der Waals surface area contributed by atoms with Crippen molar-refractivity contribution in [2.45, 2.75) is 38.5 Å². The molecule has 0 aromatic rings. The summed E-state index contributed by atoms with van der Waals surface area (Å²) >= 11 is 0. The maximum Gasteiger partial charge on any atom is 0.308 e. The molecule has 0 saturated carbocycles. The number of carboxylic acids is 1. The molecule has 0 aliphatic carbocycles. The molecular weight excluding hydrogens is 246 g/mol. The number of aliphatic carboxylic acids is 1. The molecule has 1 amide bonds. The summed E-state index contributed by atoms with van der Waals surface area (Å²) in [6.07, 6.45) is 5.06. The van der Waals surface area contributed by atoms with Gasteiger partial charge in [-0.05, 0) is 38.0 Å². The van der Waals surface area contributed by atoms with Crippen LogP contribution in [0.4, 0.5) is 0 Å². The van der Waals surface area contributed by atoms with Crippen molar-refractivity contribution in [2.24, 2.45) is 11.8 Å². The number of likely N-dealkylation sites (tertiary alicyclic amines) is 1. The summed E-state index contributed by atoms with van der Waals surface area (Å²) in [6.45, 7) is 2.73. The van der Waals surface area contributed by atoms with Crippen molar-refractivity contribution in [3.05, 3.63) is 0 Å². The van der Waals surface area contributed by atoms with Gasteiger partial charge in [-0.1, -0.05) is 0 Å². The predicted octanol–water partition coefficient (Wildman–Crippen LogP) is 1.52. The topological polar surface area (TPSA) is 66.8 Å². The zero-order valence-corrected chi connectivity index (χ0v) is 11.3. The molecule has 5 nitrogen and oxygen atoms in total. The Hall–Kier alpha value is -1.10. The minimum atomic E-state index is -0.776. The summed E-state index contributed by atoms with van der Waals surface area (Å²) < 4.78 is 5.30. The Balaban J connectivity index is 1.74. The second-order valence-corrected chi connectivity index (χ2v) is 5.61. The van der Waals surface area contributed by atoms with E-state index in [-0.39, 0.29) is 11.8 Å². The number of carbonyl (C=O) groups is 2. The maximum absolute atomic E-state index is 12.1. The normalized spacial score (nSPS) is 25.3. The molecule has 0 aromatic carbocycles. The zero-order chi connectivity index (χ0) is 13.7. The highest BCUT2D eigenvalue weighted by molar-refractivity contribution is 5.78. The van der Waals surface area contributed by atoms with Crippen LogP contribution >= 0.6 is 0 Å². The molecule has 0 spiro atoms. The maximum atomic E-state index is 12.1. The number of rotatable bonds is 4. The summed E-state index contributed by atoms with van der Waals surface area (Å²) in [4.78, 5) is 24.8. The lowest BCUT2D eigenvalue weighted by Gasteiger charge is -2.31. The molecule has 2 heterocycles. The first-order valence-corrected chi connectivity index (χ1v) is 7.25. The Kier molecular flexibility index (Phi) is 5.19. The second-order valence-electron chi connectivity index (χ2n) is 5.61. The van der Waals surface area contributed by atoms with Crippen LogP contribution in [0.3, 0.4) is 0 Å². The van der Waals surface area contributed by atoms with Crippen LogP contribution in [0.1, 0.15) is 38.5 Å². The number of hydrogen-bond acceptors (Lipinski definition) is 3. The van der Waals surface area contributed by atoms with Gasteiger partial charge in [0, 0.05) is 32.7 Å². The van der Waals surface area contributed by atoms with Gasteiger partial charge in [0.1, 0.15) is 0 Å². The summed E-state index contributed by atoms with van der Waals surface area (Å²) in [5.74, 6) is -0.432. The fraction of sp³-hybridized carbons (Fsp3) is 0.857. The first-order chi connectivity index (χ1) is 9.16. The monoisotopic (exact) mass is 269 g/mol. The van der Waals surface area contributed by atoms with Gasteiger partial charge < -0.3 is 14.7 Å². The molecule has 0 bridgehead atoms. The third kappa shape index (κ3) is 4.20. The molecule has 2 rings (SSSR count). The van der Waals surface area contributed by atoms with Gasteiger partial charge in [-0.25, -0.2) is 0 Å². The van der Waals surface area contributed by atoms with Crippen LogP contribution in [0.5, 0.6) is 0 Å². The summed E-state index contributed by atoms with van der Waals surface area (Å²) in [5.41, 5.74) is 0. The molecule has 0 unspecified atom stereocenters. The predicted molar refractivity (Wildman–Crippen MR) is 69.7 cm³/mol. The van der Waals surface area contributed by atoms with Crippen LogP contribution in [0.2, 0.25) is 0 Å². The third-order valence-corrected chi connectivity index (χ3v) is 4.23. The van der Waals surface area contributed by atoms with Crippen LogP contribution in [0.15, 0.2) is 0 Å². The number of piperidine rings is 1. The fourth-order valence-corrected chi connectivity index (χ4v) is 2.93. The van der Waals surface area contributed by atoms with E-state index in [2.05, 4.69) is 0 Å². The Bertz CT molecular complexity index is 325. The van der Waals surface area contributed by atoms with Crippen LogP contribution in [0.25, 0.3) is 0 Å². The van der Waals surface area contributed by atoms with Gasteiger partial charge in [0.2, 0.25) is 5.91 Å². The van der Waals surface area contributed by atoms with Crippen molar-refractivity contribution in [1.29, 1.82) is 0 Å². The molecule has 108 valence electrons. The van der Waals surface area contributed by atoms with Crippen LogP contribution in [-0.2, 0) is 14.3 Å². The van der Waals surface area contributed by atoms with Crippen molar-refractivity contribution in [3.63, 3.8) is 0 Å². The standard InChI is InChI=1S/C14H23NO4/c16-13(4-3-11-5-8-19-9-6-11)15-7-1-2-12(10-15)14(17)18/h11-12H,1-10H2,(H,17,18)/t12-/m1/s1. The van der Waals surface area contributed by atoms with Crippen LogP contribution in [0, 0.1) is 11.8 Å². The van der Waals surface area contributed by atoms with Gasteiger partial charge in [0.15, 0.2) is 0 Å². The molecule has 1 N–H and O–H groups in total. The van der Waals surface area contributed by atoms with E-state index in [1.165, 1.54) is 0 Å². The zero-order valence-electron chi connectivity index (χ0n) is 11.3. The summed E-state index contributed by atoms with van der Waals surface area (Å²) in [6, 6.07) is 0. The lowest BCUT2D eigenvalue weighted by molar-refractivity contribution is -0.145. The average Bonchev–Trinajstić information content (AvgIpc) is 2.46. The molecular formula is C14H23NO4. The lowest BCUT2D eigenvalue weighted by atomic mass is 9.93. The van der Waals surface area contributed by atoms with E-state index in [4.69, 9.17) is 9.84 Å². The third-order valence-electron chi connectivity index (χ3n) is 4.23. The largest absolute Gasteiger partial charge is 0.481 e. The molecule has 2 fully saturated rings. The highest BCUT2D eigenvalue weighted by Crippen LogP contribution is 2.22. The molecule has 0 aromatic heterocycles. The smallest absolute Gasteiger partial charge is 0.308 e. The van der Waals surface area contributed by atoms with Gasteiger partial charge in [-0.15, -0.1) is 0 Å². The number of carboxylic acid groups (broad SMARTS) is 1. The Labute approximate surface area is 113 Å². The average molecular weight is 269 g/mol. The Morgan fingerprint density at radius 2 is 1.95 bits per heavy atom. The Morgan fingerprint density at radius 3 is 2.63 bits per heavy atom.